The third kappa shape index (κ3) is 6.63. The molecule has 0 radical (unpaired) electrons. The van der Waals surface area contributed by atoms with Gasteiger partial charge in [0.1, 0.15) is 6.10 Å². The van der Waals surface area contributed by atoms with Crippen molar-refractivity contribution in [2.45, 2.75) is 13.0 Å². The summed E-state index contributed by atoms with van der Waals surface area (Å²) in [6, 6.07) is 1.30. The van der Waals surface area contributed by atoms with Gasteiger partial charge in [-0.2, -0.15) is 0 Å². The SMILES string of the molecule is CC(O)C(=O)O.O=c1ccnn[nH]1. The number of carboxylic acid groups (broad SMARTS) is 1. The van der Waals surface area contributed by atoms with E-state index in [2.05, 4.69) is 15.4 Å². The second kappa shape index (κ2) is 5.84. The van der Waals surface area contributed by atoms with Gasteiger partial charge in [-0.05, 0) is 6.92 Å². The molecule has 1 rings (SSSR count). The van der Waals surface area contributed by atoms with E-state index in [4.69, 9.17) is 10.2 Å². The molecule has 1 heterocycles. The zero-order chi connectivity index (χ0) is 10.3. The molecule has 0 bridgehead atoms. The van der Waals surface area contributed by atoms with Gasteiger partial charge in [-0.25, -0.2) is 9.89 Å². The second-order valence-electron chi connectivity index (χ2n) is 2.02. The molecule has 0 aliphatic carbocycles. The quantitative estimate of drug-likeness (QED) is 0.498. The molecule has 1 aromatic heterocycles. The van der Waals surface area contributed by atoms with Crippen LogP contribution in [0.2, 0.25) is 0 Å². The highest BCUT2D eigenvalue weighted by atomic mass is 16.4. The Hall–Kier alpha value is -1.76. The monoisotopic (exact) mass is 187 g/mol. The van der Waals surface area contributed by atoms with Crippen LogP contribution < -0.4 is 5.56 Å². The Labute approximate surface area is 73.0 Å². The summed E-state index contributed by atoms with van der Waals surface area (Å²) in [7, 11) is 0. The van der Waals surface area contributed by atoms with Crippen LogP contribution in [0.4, 0.5) is 0 Å². The Morgan fingerprint density at radius 2 is 2.23 bits per heavy atom. The normalized spacial score (nSPS) is 10.9. The molecule has 0 aliphatic heterocycles. The van der Waals surface area contributed by atoms with Gasteiger partial charge >= 0.3 is 5.97 Å². The predicted molar refractivity (Wildman–Crippen MR) is 42.0 cm³/mol. The number of aromatic nitrogens is 3. The Morgan fingerprint density at radius 3 is 2.38 bits per heavy atom. The topological polar surface area (TPSA) is 116 Å². The number of aromatic amines is 1. The van der Waals surface area contributed by atoms with Crippen molar-refractivity contribution >= 4 is 5.97 Å². The number of hydrogen-bond acceptors (Lipinski definition) is 5. The molecule has 0 spiro atoms. The van der Waals surface area contributed by atoms with Crippen molar-refractivity contribution in [3.05, 3.63) is 22.6 Å². The van der Waals surface area contributed by atoms with Gasteiger partial charge < -0.3 is 10.2 Å². The third-order valence-electron chi connectivity index (χ3n) is 0.868. The Kier molecular flexibility index (Phi) is 5.05. The number of hydrogen-bond donors (Lipinski definition) is 3. The van der Waals surface area contributed by atoms with Gasteiger partial charge in [0.05, 0.1) is 6.20 Å². The summed E-state index contributed by atoms with van der Waals surface area (Å²) in [6.07, 6.45) is 0.101. The lowest BCUT2D eigenvalue weighted by Crippen LogP contribution is -2.13. The van der Waals surface area contributed by atoms with Gasteiger partial charge in [0.15, 0.2) is 0 Å². The first kappa shape index (κ1) is 11.2. The van der Waals surface area contributed by atoms with E-state index in [1.807, 2.05) is 0 Å². The molecule has 7 nitrogen and oxygen atoms in total. The number of nitrogens with one attached hydrogen (secondary N) is 1. The molecule has 0 saturated heterocycles. The van der Waals surface area contributed by atoms with Crippen LogP contribution in [0.3, 0.4) is 0 Å². The predicted octanol–water partition coefficient (Wildman–Crippen LogP) is -1.38. The Morgan fingerprint density at radius 1 is 1.69 bits per heavy atom. The van der Waals surface area contributed by atoms with E-state index in [0.29, 0.717) is 0 Å². The lowest BCUT2D eigenvalue weighted by molar-refractivity contribution is -0.145. The number of aliphatic hydroxyl groups is 1. The van der Waals surface area contributed by atoms with E-state index in [-0.39, 0.29) is 5.56 Å². The standard InChI is InChI=1S/C3H3N3O.C3H6O3/c7-3-1-2-4-6-5-3;1-2(4)3(5)6/h1-2H,(H,4,5,7);2,4H,1H3,(H,5,6). The van der Waals surface area contributed by atoms with E-state index in [9.17, 15) is 9.59 Å². The summed E-state index contributed by atoms with van der Waals surface area (Å²) in [5.74, 6) is -1.19. The van der Waals surface area contributed by atoms with Crippen LogP contribution in [0.15, 0.2) is 17.1 Å². The molecular weight excluding hydrogens is 178 g/mol. The van der Waals surface area contributed by atoms with Crippen molar-refractivity contribution in [3.63, 3.8) is 0 Å². The third-order valence-corrected chi connectivity index (χ3v) is 0.868. The van der Waals surface area contributed by atoms with Gasteiger partial charge in [-0.15, -0.1) is 5.10 Å². The maximum Gasteiger partial charge on any atom is 0.332 e. The molecule has 7 heteroatoms. The van der Waals surface area contributed by atoms with Gasteiger partial charge in [-0.3, -0.25) is 4.79 Å². The number of aliphatic hydroxyl groups excluding tert-OH is 1. The van der Waals surface area contributed by atoms with Crippen LogP contribution in [-0.2, 0) is 4.79 Å². The molecule has 0 fully saturated rings. The fraction of sp³-hybridized carbons (Fsp3) is 0.333. The van der Waals surface area contributed by atoms with Crippen molar-refractivity contribution in [1.29, 1.82) is 0 Å². The first-order valence-corrected chi connectivity index (χ1v) is 3.31. The molecule has 3 N–H and O–H groups in total. The van der Waals surface area contributed by atoms with Crippen molar-refractivity contribution in [2.75, 3.05) is 0 Å². The minimum absolute atomic E-state index is 0.227. The van der Waals surface area contributed by atoms with Crippen LogP contribution in [-0.4, -0.2) is 37.7 Å². The number of H-pyrrole nitrogens is 1. The highest BCUT2D eigenvalue weighted by molar-refractivity contribution is 5.71. The average Bonchev–Trinajstić information content (AvgIpc) is 2.06. The maximum atomic E-state index is 10.1. The van der Waals surface area contributed by atoms with Crippen LogP contribution in [0, 0.1) is 0 Å². The Bertz CT molecular complexity index is 291. The summed E-state index contributed by atoms with van der Waals surface area (Å²) in [6.45, 7) is 1.20. The maximum absolute atomic E-state index is 10.1. The molecule has 13 heavy (non-hydrogen) atoms. The first-order valence-electron chi connectivity index (χ1n) is 3.31. The summed E-state index contributed by atoms with van der Waals surface area (Å²) in [5, 5.41) is 24.4. The summed E-state index contributed by atoms with van der Waals surface area (Å²) >= 11 is 0. The largest absolute Gasteiger partial charge is 0.479 e. The van der Waals surface area contributed by atoms with Crippen molar-refractivity contribution in [2.24, 2.45) is 0 Å². The summed E-state index contributed by atoms with van der Waals surface area (Å²) in [5.41, 5.74) is -0.227. The number of carbonyl (C=O) groups is 1. The lowest BCUT2D eigenvalue weighted by Gasteiger charge is -1.89. The van der Waals surface area contributed by atoms with Crippen LogP contribution >= 0.6 is 0 Å². The summed E-state index contributed by atoms with van der Waals surface area (Å²) in [4.78, 5) is 19.6. The average molecular weight is 187 g/mol. The molecule has 1 aromatic rings. The molecule has 72 valence electrons. The van der Waals surface area contributed by atoms with Crippen molar-refractivity contribution in [3.8, 4) is 0 Å². The highest BCUT2D eigenvalue weighted by Crippen LogP contribution is 1.73. The van der Waals surface area contributed by atoms with Gasteiger partial charge in [0, 0.05) is 6.07 Å². The molecule has 0 aromatic carbocycles. The van der Waals surface area contributed by atoms with E-state index in [1.54, 1.807) is 0 Å². The summed E-state index contributed by atoms with van der Waals surface area (Å²) < 4.78 is 0. The van der Waals surface area contributed by atoms with E-state index in [1.165, 1.54) is 19.2 Å². The zero-order valence-electron chi connectivity index (χ0n) is 6.84. The first-order chi connectivity index (χ1) is 6.04. The van der Waals surface area contributed by atoms with E-state index in [0.717, 1.165) is 0 Å². The molecular formula is C6H9N3O4. The van der Waals surface area contributed by atoms with Gasteiger partial charge in [0.2, 0.25) is 0 Å². The minimum Gasteiger partial charge on any atom is -0.479 e. The van der Waals surface area contributed by atoms with Gasteiger partial charge in [-0.1, -0.05) is 5.21 Å². The molecule has 0 saturated carbocycles. The van der Waals surface area contributed by atoms with Crippen molar-refractivity contribution in [1.82, 2.24) is 15.4 Å². The van der Waals surface area contributed by atoms with Gasteiger partial charge in [0.25, 0.3) is 5.56 Å². The van der Waals surface area contributed by atoms with Crippen LogP contribution in [0.5, 0.6) is 0 Å². The van der Waals surface area contributed by atoms with E-state index < -0.39 is 12.1 Å². The number of carboxylic acids is 1. The molecule has 1 atom stereocenters. The molecule has 0 aliphatic rings. The fourth-order valence-corrected chi connectivity index (χ4v) is 0.250. The zero-order valence-corrected chi connectivity index (χ0v) is 6.84. The smallest absolute Gasteiger partial charge is 0.332 e. The Balaban J connectivity index is 0.000000226. The van der Waals surface area contributed by atoms with E-state index >= 15 is 0 Å². The number of rotatable bonds is 1. The lowest BCUT2D eigenvalue weighted by atomic mass is 10.4. The van der Waals surface area contributed by atoms with Crippen molar-refractivity contribution < 1.29 is 15.0 Å². The second-order valence-corrected chi connectivity index (χ2v) is 2.02. The van der Waals surface area contributed by atoms with Crippen LogP contribution in [0.25, 0.3) is 0 Å². The minimum atomic E-state index is -1.23. The highest BCUT2D eigenvalue weighted by Gasteiger charge is 2.01. The fourth-order valence-electron chi connectivity index (χ4n) is 0.250. The number of nitrogens with zero attached hydrogens (tertiary/aromatic N) is 2. The molecule has 0 amide bonds. The number of aliphatic carboxylic acids is 1. The van der Waals surface area contributed by atoms with Crippen LogP contribution in [0.1, 0.15) is 6.92 Å². The molecule has 1 unspecified atom stereocenters.